The smallest absolute Gasteiger partial charge is 0.0591 e. The number of hydrogen-bond acceptors (Lipinski definition) is 2. The fraction of sp³-hybridized carbons (Fsp3) is 1.00. The third-order valence-corrected chi connectivity index (χ3v) is 3.75. The Balaban J connectivity index is 2.02. The van der Waals surface area contributed by atoms with E-state index in [0.29, 0.717) is 0 Å². The minimum absolute atomic E-state index is 0.721. The number of rotatable bonds is 7. The topological polar surface area (TPSA) is 21.3 Å². The Labute approximate surface area is 101 Å². The molecule has 0 aromatic carbocycles. The molecule has 0 saturated heterocycles. The number of ether oxygens (including phenoxy) is 1. The van der Waals surface area contributed by atoms with E-state index < -0.39 is 0 Å². The van der Waals surface area contributed by atoms with Crippen LogP contribution in [-0.2, 0) is 4.74 Å². The van der Waals surface area contributed by atoms with Gasteiger partial charge in [0.25, 0.3) is 0 Å². The Bertz CT molecular complexity index is 172. The van der Waals surface area contributed by atoms with Gasteiger partial charge in [-0.3, -0.25) is 0 Å². The average molecular weight is 227 g/mol. The second-order valence-electron chi connectivity index (χ2n) is 5.42. The van der Waals surface area contributed by atoms with E-state index in [1.54, 1.807) is 0 Å². The minimum Gasteiger partial charge on any atom is -0.380 e. The molecule has 3 atom stereocenters. The van der Waals surface area contributed by atoms with Gasteiger partial charge in [0, 0.05) is 19.2 Å². The van der Waals surface area contributed by atoms with E-state index in [0.717, 1.165) is 37.6 Å². The molecule has 2 nitrogen and oxygen atoms in total. The van der Waals surface area contributed by atoms with Gasteiger partial charge in [-0.05, 0) is 31.1 Å². The maximum Gasteiger partial charge on any atom is 0.0591 e. The third kappa shape index (κ3) is 5.31. The summed E-state index contributed by atoms with van der Waals surface area (Å²) in [6.45, 7) is 9.77. The Kier molecular flexibility index (Phi) is 7.06. The molecule has 1 rings (SSSR count). The van der Waals surface area contributed by atoms with Gasteiger partial charge in [-0.25, -0.2) is 0 Å². The molecule has 0 amide bonds. The van der Waals surface area contributed by atoms with Crippen LogP contribution in [-0.4, -0.2) is 25.8 Å². The van der Waals surface area contributed by atoms with Gasteiger partial charge < -0.3 is 10.1 Å². The summed E-state index contributed by atoms with van der Waals surface area (Å²) in [4.78, 5) is 0. The van der Waals surface area contributed by atoms with Gasteiger partial charge in [0.05, 0.1) is 6.61 Å². The highest BCUT2D eigenvalue weighted by molar-refractivity contribution is 4.80. The molecule has 2 heteroatoms. The molecule has 1 saturated carbocycles. The average Bonchev–Trinajstić information content (AvgIpc) is 2.28. The standard InChI is InChI=1S/C14H29NO/c1-4-5-9-16-10-8-15-14-11-12(2)6-7-13(14)3/h12-15H,4-11H2,1-3H3. The van der Waals surface area contributed by atoms with Crippen molar-refractivity contribution in [2.45, 2.75) is 58.9 Å². The summed E-state index contributed by atoms with van der Waals surface area (Å²) >= 11 is 0. The molecule has 16 heavy (non-hydrogen) atoms. The van der Waals surface area contributed by atoms with Crippen molar-refractivity contribution in [3.8, 4) is 0 Å². The maximum atomic E-state index is 5.56. The van der Waals surface area contributed by atoms with Crippen molar-refractivity contribution >= 4 is 0 Å². The summed E-state index contributed by atoms with van der Waals surface area (Å²) in [6, 6.07) is 0.721. The normalized spacial score (nSPS) is 30.6. The van der Waals surface area contributed by atoms with E-state index in [-0.39, 0.29) is 0 Å². The van der Waals surface area contributed by atoms with Crippen LogP contribution < -0.4 is 5.32 Å². The molecular weight excluding hydrogens is 198 g/mol. The van der Waals surface area contributed by atoms with Crippen LogP contribution in [0.2, 0.25) is 0 Å². The first kappa shape index (κ1) is 14.0. The molecular formula is C14H29NO. The summed E-state index contributed by atoms with van der Waals surface area (Å²) in [5, 5.41) is 3.65. The van der Waals surface area contributed by atoms with Crippen LogP contribution in [0.4, 0.5) is 0 Å². The molecule has 0 radical (unpaired) electrons. The van der Waals surface area contributed by atoms with Crippen molar-refractivity contribution in [1.82, 2.24) is 5.32 Å². The number of unbranched alkanes of at least 4 members (excludes halogenated alkanes) is 1. The zero-order valence-electron chi connectivity index (χ0n) is 11.3. The Hall–Kier alpha value is -0.0800. The van der Waals surface area contributed by atoms with Crippen LogP contribution in [0.25, 0.3) is 0 Å². The molecule has 1 aliphatic carbocycles. The van der Waals surface area contributed by atoms with Crippen molar-refractivity contribution in [3.63, 3.8) is 0 Å². The van der Waals surface area contributed by atoms with Gasteiger partial charge in [0.1, 0.15) is 0 Å². The van der Waals surface area contributed by atoms with E-state index in [9.17, 15) is 0 Å². The summed E-state index contributed by atoms with van der Waals surface area (Å²) in [6.07, 6.45) is 6.56. The quantitative estimate of drug-likeness (QED) is 0.674. The van der Waals surface area contributed by atoms with Crippen LogP contribution in [0, 0.1) is 11.8 Å². The van der Waals surface area contributed by atoms with E-state index >= 15 is 0 Å². The predicted octanol–water partition coefficient (Wildman–Crippen LogP) is 3.22. The molecule has 0 heterocycles. The Morgan fingerprint density at radius 3 is 2.75 bits per heavy atom. The second kappa shape index (κ2) is 8.08. The number of hydrogen-bond donors (Lipinski definition) is 1. The molecule has 0 aromatic heterocycles. The highest BCUT2D eigenvalue weighted by Crippen LogP contribution is 2.28. The molecule has 0 bridgehead atoms. The minimum atomic E-state index is 0.721. The molecule has 0 spiro atoms. The van der Waals surface area contributed by atoms with Gasteiger partial charge in [-0.2, -0.15) is 0 Å². The van der Waals surface area contributed by atoms with E-state index in [4.69, 9.17) is 4.74 Å². The zero-order chi connectivity index (χ0) is 11.8. The van der Waals surface area contributed by atoms with Crippen molar-refractivity contribution in [2.75, 3.05) is 19.8 Å². The van der Waals surface area contributed by atoms with E-state index in [2.05, 4.69) is 26.1 Å². The van der Waals surface area contributed by atoms with Crippen molar-refractivity contribution < 1.29 is 4.74 Å². The fourth-order valence-electron chi connectivity index (χ4n) is 2.48. The molecule has 1 aliphatic rings. The molecule has 1 fully saturated rings. The van der Waals surface area contributed by atoms with Crippen LogP contribution in [0.1, 0.15) is 52.9 Å². The van der Waals surface area contributed by atoms with E-state index in [1.807, 2.05) is 0 Å². The maximum absolute atomic E-state index is 5.56. The Morgan fingerprint density at radius 1 is 1.19 bits per heavy atom. The summed E-state index contributed by atoms with van der Waals surface area (Å²) < 4.78 is 5.56. The van der Waals surface area contributed by atoms with Gasteiger partial charge in [-0.1, -0.05) is 33.6 Å². The zero-order valence-corrected chi connectivity index (χ0v) is 11.3. The molecule has 0 aromatic rings. The van der Waals surface area contributed by atoms with Gasteiger partial charge in [0.2, 0.25) is 0 Å². The summed E-state index contributed by atoms with van der Waals surface area (Å²) in [7, 11) is 0. The van der Waals surface area contributed by atoms with Crippen LogP contribution in [0.3, 0.4) is 0 Å². The van der Waals surface area contributed by atoms with E-state index in [1.165, 1.54) is 32.1 Å². The lowest BCUT2D eigenvalue weighted by molar-refractivity contribution is 0.123. The van der Waals surface area contributed by atoms with Crippen molar-refractivity contribution in [1.29, 1.82) is 0 Å². The molecule has 1 N–H and O–H groups in total. The highest BCUT2D eigenvalue weighted by Gasteiger charge is 2.24. The van der Waals surface area contributed by atoms with Crippen LogP contribution >= 0.6 is 0 Å². The Morgan fingerprint density at radius 2 is 2.00 bits per heavy atom. The largest absolute Gasteiger partial charge is 0.380 e. The second-order valence-corrected chi connectivity index (χ2v) is 5.42. The van der Waals surface area contributed by atoms with Gasteiger partial charge in [-0.15, -0.1) is 0 Å². The SMILES string of the molecule is CCCCOCCNC1CC(C)CCC1C. The molecule has 0 aliphatic heterocycles. The van der Waals surface area contributed by atoms with Crippen LogP contribution in [0.15, 0.2) is 0 Å². The highest BCUT2D eigenvalue weighted by atomic mass is 16.5. The van der Waals surface area contributed by atoms with Gasteiger partial charge in [0.15, 0.2) is 0 Å². The third-order valence-electron chi connectivity index (χ3n) is 3.75. The lowest BCUT2D eigenvalue weighted by atomic mass is 9.80. The van der Waals surface area contributed by atoms with Gasteiger partial charge >= 0.3 is 0 Å². The van der Waals surface area contributed by atoms with Crippen molar-refractivity contribution in [3.05, 3.63) is 0 Å². The molecule has 3 unspecified atom stereocenters. The fourth-order valence-corrected chi connectivity index (χ4v) is 2.48. The summed E-state index contributed by atoms with van der Waals surface area (Å²) in [5.74, 6) is 1.74. The first-order valence-electron chi connectivity index (χ1n) is 7.05. The predicted molar refractivity (Wildman–Crippen MR) is 69.7 cm³/mol. The first-order valence-corrected chi connectivity index (χ1v) is 7.05. The number of nitrogens with one attached hydrogen (secondary N) is 1. The first-order chi connectivity index (χ1) is 7.74. The monoisotopic (exact) mass is 227 g/mol. The lowest BCUT2D eigenvalue weighted by Gasteiger charge is -2.33. The van der Waals surface area contributed by atoms with Crippen molar-refractivity contribution in [2.24, 2.45) is 11.8 Å². The molecule has 96 valence electrons. The lowest BCUT2D eigenvalue weighted by Crippen LogP contribution is -2.41. The van der Waals surface area contributed by atoms with Crippen LogP contribution in [0.5, 0.6) is 0 Å². The summed E-state index contributed by atoms with van der Waals surface area (Å²) in [5.41, 5.74) is 0.